The molecule has 0 atom stereocenters. The molecule has 0 unspecified atom stereocenters. The maximum atomic E-state index is 12.7. The predicted molar refractivity (Wildman–Crippen MR) is 102 cm³/mol. The average molecular weight is 372 g/mol. The minimum atomic E-state index is -3.43. The topological polar surface area (TPSA) is 66.5 Å². The molecule has 3 rings (SSSR count). The number of benzene rings is 2. The minimum absolute atomic E-state index is 0.0455. The molecule has 2 aromatic rings. The van der Waals surface area contributed by atoms with E-state index in [9.17, 15) is 13.2 Å². The van der Waals surface area contributed by atoms with Crippen LogP contribution < -0.4 is 5.32 Å². The van der Waals surface area contributed by atoms with E-state index < -0.39 is 9.84 Å². The molecule has 0 radical (unpaired) electrons. The van der Waals surface area contributed by atoms with Gasteiger partial charge in [0.25, 0.3) is 5.91 Å². The molecule has 138 valence electrons. The zero-order valence-corrected chi connectivity index (χ0v) is 15.7. The number of rotatable bonds is 5. The normalized spacial score (nSPS) is 15.6. The van der Waals surface area contributed by atoms with E-state index >= 15 is 0 Å². The lowest BCUT2D eigenvalue weighted by molar-refractivity contribution is 0.0703. The van der Waals surface area contributed by atoms with Crippen molar-refractivity contribution < 1.29 is 13.2 Å². The van der Waals surface area contributed by atoms with E-state index in [2.05, 4.69) is 5.32 Å². The Morgan fingerprint density at radius 2 is 1.65 bits per heavy atom. The Morgan fingerprint density at radius 3 is 2.27 bits per heavy atom. The number of amides is 1. The molecule has 1 aliphatic heterocycles. The van der Waals surface area contributed by atoms with Gasteiger partial charge in [0.1, 0.15) is 0 Å². The van der Waals surface area contributed by atoms with E-state index in [1.54, 1.807) is 29.2 Å². The van der Waals surface area contributed by atoms with Crippen LogP contribution in [-0.2, 0) is 15.6 Å². The highest BCUT2D eigenvalue weighted by atomic mass is 32.2. The highest BCUT2D eigenvalue weighted by Crippen LogP contribution is 2.19. The highest BCUT2D eigenvalue weighted by Gasteiger charge is 2.23. The Labute approximate surface area is 154 Å². The Morgan fingerprint density at radius 1 is 1.04 bits per heavy atom. The molecule has 1 aliphatic rings. The second kappa shape index (κ2) is 8.01. The molecule has 0 saturated carbocycles. The number of nitrogens with one attached hydrogen (secondary N) is 1. The fourth-order valence-corrected chi connectivity index (χ4v) is 4.59. The number of sulfone groups is 1. The summed E-state index contributed by atoms with van der Waals surface area (Å²) < 4.78 is 25.1. The van der Waals surface area contributed by atoms with Crippen molar-refractivity contribution in [3.63, 3.8) is 0 Å². The lowest BCUT2D eigenvalue weighted by Gasteiger charge is -2.31. The number of hydrogen-bond donors (Lipinski definition) is 1. The van der Waals surface area contributed by atoms with E-state index in [1.165, 1.54) is 12.1 Å². The highest BCUT2D eigenvalue weighted by molar-refractivity contribution is 7.90. The van der Waals surface area contributed by atoms with E-state index in [0.717, 1.165) is 31.5 Å². The van der Waals surface area contributed by atoms with Gasteiger partial charge in [-0.3, -0.25) is 4.79 Å². The first kappa shape index (κ1) is 18.6. The molecule has 6 heteroatoms. The SMILES string of the molecule is CN(C(=O)c1ccc(S(=O)(=O)Cc2ccccc2)cc1)C1CCNCC1. The third kappa shape index (κ3) is 4.31. The Hall–Kier alpha value is -2.18. The molecule has 1 N–H and O–H groups in total. The largest absolute Gasteiger partial charge is 0.339 e. The van der Waals surface area contributed by atoms with Crippen LogP contribution in [-0.4, -0.2) is 45.4 Å². The van der Waals surface area contributed by atoms with Gasteiger partial charge in [0.2, 0.25) is 0 Å². The van der Waals surface area contributed by atoms with Crippen molar-refractivity contribution in [3.05, 3.63) is 65.7 Å². The van der Waals surface area contributed by atoms with Crippen LogP contribution in [0.3, 0.4) is 0 Å². The molecule has 1 saturated heterocycles. The van der Waals surface area contributed by atoms with Crippen LogP contribution >= 0.6 is 0 Å². The summed E-state index contributed by atoms with van der Waals surface area (Å²) in [5.74, 6) is -0.111. The zero-order chi connectivity index (χ0) is 18.6. The lowest BCUT2D eigenvalue weighted by atomic mass is 10.0. The molecule has 1 heterocycles. The molecule has 1 amide bonds. The Balaban J connectivity index is 1.72. The van der Waals surface area contributed by atoms with Gasteiger partial charge in [0.15, 0.2) is 9.84 Å². The van der Waals surface area contributed by atoms with Crippen LogP contribution in [0.15, 0.2) is 59.5 Å². The summed E-state index contributed by atoms with van der Waals surface area (Å²) in [6.45, 7) is 1.83. The van der Waals surface area contributed by atoms with Crippen molar-refractivity contribution in [1.29, 1.82) is 0 Å². The zero-order valence-electron chi connectivity index (χ0n) is 14.9. The summed E-state index contributed by atoms with van der Waals surface area (Å²) in [5.41, 5.74) is 1.27. The number of hydrogen-bond acceptors (Lipinski definition) is 4. The second-order valence-electron chi connectivity index (χ2n) is 6.67. The van der Waals surface area contributed by atoms with Crippen LogP contribution in [0.4, 0.5) is 0 Å². The van der Waals surface area contributed by atoms with E-state index in [0.29, 0.717) is 5.56 Å². The first-order valence-corrected chi connectivity index (χ1v) is 10.5. The molecular weight excluding hydrogens is 348 g/mol. The maximum Gasteiger partial charge on any atom is 0.253 e. The first-order chi connectivity index (χ1) is 12.5. The molecule has 1 fully saturated rings. The summed E-state index contributed by atoms with van der Waals surface area (Å²) in [5, 5.41) is 3.29. The number of nitrogens with zero attached hydrogens (tertiary/aromatic N) is 1. The van der Waals surface area contributed by atoms with Gasteiger partial charge < -0.3 is 10.2 Å². The maximum absolute atomic E-state index is 12.7. The Bertz CT molecular complexity index is 842. The van der Waals surface area contributed by atoms with Crippen molar-refractivity contribution in [2.45, 2.75) is 29.5 Å². The summed E-state index contributed by atoms with van der Waals surface area (Å²) in [6, 6.07) is 15.6. The number of carbonyl (C=O) groups excluding carboxylic acids is 1. The summed E-state index contributed by atoms with van der Waals surface area (Å²) in [4.78, 5) is 14.7. The van der Waals surface area contributed by atoms with Crippen LogP contribution in [0.1, 0.15) is 28.8 Å². The van der Waals surface area contributed by atoms with Crippen molar-refractivity contribution in [2.24, 2.45) is 0 Å². The van der Waals surface area contributed by atoms with Crippen LogP contribution in [0.5, 0.6) is 0 Å². The van der Waals surface area contributed by atoms with Crippen molar-refractivity contribution >= 4 is 15.7 Å². The van der Waals surface area contributed by atoms with Gasteiger partial charge in [-0.25, -0.2) is 8.42 Å². The molecule has 5 nitrogen and oxygen atoms in total. The fourth-order valence-electron chi connectivity index (χ4n) is 3.25. The summed E-state index contributed by atoms with van der Waals surface area (Å²) in [6.07, 6.45) is 1.87. The van der Waals surface area contributed by atoms with Gasteiger partial charge >= 0.3 is 0 Å². The smallest absolute Gasteiger partial charge is 0.253 e. The van der Waals surface area contributed by atoms with E-state index in [-0.39, 0.29) is 22.6 Å². The third-order valence-corrected chi connectivity index (χ3v) is 6.54. The van der Waals surface area contributed by atoms with Crippen LogP contribution in [0.25, 0.3) is 0 Å². The minimum Gasteiger partial charge on any atom is -0.339 e. The molecule has 0 bridgehead atoms. The average Bonchev–Trinajstić information content (AvgIpc) is 2.68. The molecule has 0 spiro atoms. The number of carbonyl (C=O) groups is 1. The van der Waals surface area contributed by atoms with Gasteiger partial charge in [-0.05, 0) is 55.8 Å². The van der Waals surface area contributed by atoms with Gasteiger partial charge in [-0.2, -0.15) is 0 Å². The van der Waals surface area contributed by atoms with Gasteiger partial charge in [0, 0.05) is 18.7 Å². The molecule has 0 aliphatic carbocycles. The van der Waals surface area contributed by atoms with E-state index in [4.69, 9.17) is 0 Å². The molecule has 0 aromatic heterocycles. The quantitative estimate of drug-likeness (QED) is 0.876. The van der Waals surface area contributed by atoms with Gasteiger partial charge in [0.05, 0.1) is 10.6 Å². The Kier molecular flexibility index (Phi) is 5.74. The monoisotopic (exact) mass is 372 g/mol. The fraction of sp³-hybridized carbons (Fsp3) is 0.350. The van der Waals surface area contributed by atoms with Crippen molar-refractivity contribution in [3.8, 4) is 0 Å². The molecule has 2 aromatic carbocycles. The van der Waals surface area contributed by atoms with Crippen LogP contribution in [0.2, 0.25) is 0 Å². The third-order valence-electron chi connectivity index (χ3n) is 4.84. The standard InChI is InChI=1S/C20H24N2O3S/c1-22(18-11-13-21-14-12-18)20(23)17-7-9-19(10-8-17)26(24,25)15-16-5-3-2-4-6-16/h2-10,18,21H,11-15H2,1H3. The van der Waals surface area contributed by atoms with Crippen molar-refractivity contribution in [1.82, 2.24) is 10.2 Å². The van der Waals surface area contributed by atoms with Gasteiger partial charge in [-0.15, -0.1) is 0 Å². The van der Waals surface area contributed by atoms with Crippen LogP contribution in [0, 0.1) is 0 Å². The molecular formula is C20H24N2O3S. The summed E-state index contributed by atoms with van der Waals surface area (Å²) in [7, 11) is -1.61. The van der Waals surface area contributed by atoms with Gasteiger partial charge in [-0.1, -0.05) is 30.3 Å². The first-order valence-electron chi connectivity index (χ1n) is 8.82. The van der Waals surface area contributed by atoms with Crippen molar-refractivity contribution in [2.75, 3.05) is 20.1 Å². The predicted octanol–water partition coefficient (Wildman–Crippen LogP) is 2.48. The molecule has 26 heavy (non-hydrogen) atoms. The van der Waals surface area contributed by atoms with E-state index in [1.807, 2.05) is 25.2 Å². The summed E-state index contributed by atoms with van der Waals surface area (Å²) >= 11 is 0. The number of piperidine rings is 1. The second-order valence-corrected chi connectivity index (χ2v) is 8.66. The lowest BCUT2D eigenvalue weighted by Crippen LogP contribution is -2.43.